The molecule has 2 heterocycles. The molecule has 33 heavy (non-hydrogen) atoms. The van der Waals surface area contributed by atoms with Gasteiger partial charge in [0.1, 0.15) is 17.6 Å². The predicted octanol–water partition coefficient (Wildman–Crippen LogP) is 3.39. The van der Waals surface area contributed by atoms with Crippen LogP contribution in [0.2, 0.25) is 0 Å². The fourth-order valence-electron chi connectivity index (χ4n) is 3.53. The van der Waals surface area contributed by atoms with Crippen LogP contribution in [-0.2, 0) is 16.1 Å². The van der Waals surface area contributed by atoms with Gasteiger partial charge < -0.3 is 20.2 Å². The second-order valence-electron chi connectivity index (χ2n) is 8.13. The second kappa shape index (κ2) is 10.7. The topological polar surface area (TPSA) is 95.5 Å². The summed E-state index contributed by atoms with van der Waals surface area (Å²) in [7, 11) is 0. The molecule has 0 unspecified atom stereocenters. The van der Waals surface area contributed by atoms with E-state index in [9.17, 15) is 4.79 Å². The van der Waals surface area contributed by atoms with Gasteiger partial charge >= 0.3 is 0 Å². The molecule has 1 aromatic heterocycles. The van der Waals surface area contributed by atoms with E-state index in [2.05, 4.69) is 36.2 Å². The highest BCUT2D eigenvalue weighted by Crippen LogP contribution is 2.36. The smallest absolute Gasteiger partial charge is 0.240 e. The van der Waals surface area contributed by atoms with Crippen LogP contribution >= 0.6 is 11.8 Å². The van der Waals surface area contributed by atoms with Gasteiger partial charge in [-0.15, -0.1) is 10.2 Å². The normalized spacial score (nSPS) is 14.9. The van der Waals surface area contributed by atoms with E-state index in [0.29, 0.717) is 43.2 Å². The molecule has 1 saturated heterocycles. The minimum absolute atomic E-state index is 0.0144. The fraction of sp³-hybridized carbons (Fsp3) is 0.375. The van der Waals surface area contributed by atoms with Gasteiger partial charge in [-0.3, -0.25) is 4.79 Å². The zero-order valence-corrected chi connectivity index (χ0v) is 19.7. The van der Waals surface area contributed by atoms with E-state index in [0.717, 1.165) is 11.3 Å². The van der Waals surface area contributed by atoms with Gasteiger partial charge in [-0.05, 0) is 29.2 Å². The summed E-state index contributed by atoms with van der Waals surface area (Å²) < 4.78 is 12.6. The van der Waals surface area contributed by atoms with Gasteiger partial charge in [0.15, 0.2) is 5.82 Å². The number of nitrogens with zero attached hydrogens (tertiary/aromatic N) is 4. The molecule has 2 N–H and O–H groups in total. The van der Waals surface area contributed by atoms with Gasteiger partial charge in [-0.1, -0.05) is 68.1 Å². The average molecular weight is 468 g/mol. The number of thioether (sulfide) groups is 1. The molecule has 0 spiro atoms. The molecule has 0 bridgehead atoms. The zero-order chi connectivity index (χ0) is 23.2. The molecule has 1 fully saturated rings. The number of nitrogens with two attached hydrogens (primary N) is 1. The summed E-state index contributed by atoms with van der Waals surface area (Å²) in [4.78, 5) is 15.2. The molecule has 4 rings (SSSR count). The van der Waals surface area contributed by atoms with Crippen molar-refractivity contribution < 1.29 is 14.3 Å². The Bertz CT molecular complexity index is 1050. The first-order valence-electron chi connectivity index (χ1n) is 11.0. The molecule has 1 aliphatic rings. The number of carbonyl (C=O) groups is 1. The molecule has 9 heteroatoms. The summed E-state index contributed by atoms with van der Waals surface area (Å²) in [5.41, 5.74) is 2.14. The van der Waals surface area contributed by atoms with Crippen LogP contribution in [0, 0.1) is 0 Å². The number of morpholine rings is 1. The van der Waals surface area contributed by atoms with Gasteiger partial charge in [-0.25, -0.2) is 4.68 Å². The molecule has 0 saturated carbocycles. The van der Waals surface area contributed by atoms with Crippen molar-refractivity contribution in [3.05, 3.63) is 71.5 Å². The Hall–Kier alpha value is -3.04. The van der Waals surface area contributed by atoms with E-state index in [-0.39, 0.29) is 12.5 Å². The third kappa shape index (κ3) is 5.66. The maximum Gasteiger partial charge on any atom is 0.240 e. The van der Waals surface area contributed by atoms with Crippen molar-refractivity contribution >= 4 is 17.7 Å². The Balaban J connectivity index is 1.47. The van der Waals surface area contributed by atoms with E-state index in [1.165, 1.54) is 22.0 Å². The number of hydrogen-bond donors (Lipinski definition) is 1. The van der Waals surface area contributed by atoms with Crippen molar-refractivity contribution in [1.29, 1.82) is 0 Å². The Morgan fingerprint density at radius 1 is 1.06 bits per heavy atom. The fourth-order valence-corrected chi connectivity index (χ4v) is 4.59. The van der Waals surface area contributed by atoms with E-state index >= 15 is 0 Å². The van der Waals surface area contributed by atoms with Crippen LogP contribution in [0.4, 0.5) is 0 Å². The number of aromatic nitrogens is 3. The van der Waals surface area contributed by atoms with Crippen LogP contribution in [0.1, 0.15) is 42.0 Å². The molecule has 8 nitrogen and oxygen atoms in total. The van der Waals surface area contributed by atoms with Gasteiger partial charge in [0.05, 0.1) is 13.2 Å². The van der Waals surface area contributed by atoms with E-state index in [4.69, 9.17) is 15.3 Å². The summed E-state index contributed by atoms with van der Waals surface area (Å²) >= 11 is 1.29. The van der Waals surface area contributed by atoms with Crippen LogP contribution in [0.3, 0.4) is 0 Å². The average Bonchev–Trinajstić information content (AvgIpc) is 3.21. The van der Waals surface area contributed by atoms with Crippen LogP contribution < -0.4 is 10.6 Å². The van der Waals surface area contributed by atoms with Crippen LogP contribution in [0.5, 0.6) is 5.75 Å². The van der Waals surface area contributed by atoms with Gasteiger partial charge in [0, 0.05) is 13.1 Å². The molecule has 2 aromatic carbocycles. The molecule has 0 aliphatic carbocycles. The Morgan fingerprint density at radius 2 is 1.76 bits per heavy atom. The van der Waals surface area contributed by atoms with Gasteiger partial charge in [0.25, 0.3) is 0 Å². The lowest BCUT2D eigenvalue weighted by atomic mass is 10.0. The molecule has 1 amide bonds. The highest BCUT2D eigenvalue weighted by Gasteiger charge is 2.30. The monoisotopic (exact) mass is 467 g/mol. The van der Waals surface area contributed by atoms with Crippen molar-refractivity contribution in [2.24, 2.45) is 0 Å². The minimum atomic E-state index is -0.479. The molecule has 174 valence electrons. The van der Waals surface area contributed by atoms with E-state index < -0.39 is 5.25 Å². The first-order valence-corrected chi connectivity index (χ1v) is 11.9. The summed E-state index contributed by atoms with van der Waals surface area (Å²) in [6.45, 7) is 6.73. The summed E-state index contributed by atoms with van der Waals surface area (Å²) in [5.74, 6) is 7.98. The standard InChI is InChI=1S/C24H29N5O3S/c1-17(2)18-8-10-20(11-9-18)32-16-21-26-27-24(29(21)25)33-22(19-6-4-3-5-7-19)23(30)28-12-14-31-15-13-28/h3-11,17,22H,12-16,25H2,1-2H3/t22-/m0/s1. The van der Waals surface area contributed by atoms with E-state index in [1.54, 1.807) is 0 Å². The van der Waals surface area contributed by atoms with Crippen molar-refractivity contribution in [2.45, 2.75) is 36.8 Å². The van der Waals surface area contributed by atoms with Crippen LogP contribution in [-0.4, -0.2) is 52.0 Å². The van der Waals surface area contributed by atoms with Crippen molar-refractivity contribution in [3.63, 3.8) is 0 Å². The lowest BCUT2D eigenvalue weighted by Gasteiger charge is -2.30. The van der Waals surface area contributed by atoms with Crippen LogP contribution in [0.15, 0.2) is 59.8 Å². The van der Waals surface area contributed by atoms with Gasteiger partial charge in [-0.2, -0.15) is 0 Å². The van der Waals surface area contributed by atoms with Crippen LogP contribution in [0.25, 0.3) is 0 Å². The number of rotatable bonds is 8. The highest BCUT2D eigenvalue weighted by atomic mass is 32.2. The summed E-state index contributed by atoms with van der Waals surface area (Å²) in [6, 6.07) is 17.6. The predicted molar refractivity (Wildman–Crippen MR) is 127 cm³/mol. The SMILES string of the molecule is CC(C)c1ccc(OCc2nnc(S[C@H](C(=O)N3CCOCC3)c3ccccc3)n2N)cc1. The minimum Gasteiger partial charge on any atom is -0.486 e. The number of hydrogen-bond acceptors (Lipinski definition) is 7. The first-order chi connectivity index (χ1) is 16.0. The second-order valence-corrected chi connectivity index (χ2v) is 9.20. The van der Waals surface area contributed by atoms with E-state index in [1.807, 2.05) is 47.4 Å². The number of carbonyl (C=O) groups excluding carboxylic acids is 1. The molecule has 0 radical (unpaired) electrons. The zero-order valence-electron chi connectivity index (χ0n) is 18.9. The summed E-state index contributed by atoms with van der Waals surface area (Å²) in [5, 5.41) is 8.41. The molecule has 1 aliphatic heterocycles. The third-order valence-corrected chi connectivity index (χ3v) is 6.72. The van der Waals surface area contributed by atoms with Crippen molar-refractivity contribution in [2.75, 3.05) is 32.1 Å². The number of ether oxygens (including phenoxy) is 2. The Labute approximate surface area is 198 Å². The Morgan fingerprint density at radius 3 is 2.42 bits per heavy atom. The van der Waals surface area contributed by atoms with Crippen molar-refractivity contribution in [3.8, 4) is 5.75 Å². The van der Waals surface area contributed by atoms with Crippen molar-refractivity contribution in [1.82, 2.24) is 19.8 Å². The van der Waals surface area contributed by atoms with Gasteiger partial charge in [0.2, 0.25) is 11.1 Å². The maximum atomic E-state index is 13.3. The highest BCUT2D eigenvalue weighted by molar-refractivity contribution is 8.00. The summed E-state index contributed by atoms with van der Waals surface area (Å²) in [6.07, 6.45) is 0. The Kier molecular flexibility index (Phi) is 7.51. The molecule has 1 atom stereocenters. The quantitative estimate of drug-likeness (QED) is 0.401. The largest absolute Gasteiger partial charge is 0.486 e. The maximum absolute atomic E-state index is 13.3. The number of amides is 1. The lowest BCUT2D eigenvalue weighted by Crippen LogP contribution is -2.42. The molecule has 3 aromatic rings. The lowest BCUT2D eigenvalue weighted by molar-refractivity contribution is -0.134. The number of nitrogen functional groups attached to an aromatic ring is 1. The number of benzene rings is 2. The molecular weight excluding hydrogens is 438 g/mol. The first kappa shape index (κ1) is 23.1. The third-order valence-electron chi connectivity index (χ3n) is 5.52. The molecular formula is C24H29N5O3S.